The molecule has 0 saturated heterocycles. The van der Waals surface area contributed by atoms with E-state index in [2.05, 4.69) is 30.7 Å². The van der Waals surface area contributed by atoms with Crippen molar-refractivity contribution in [2.75, 3.05) is 18.5 Å². The van der Waals surface area contributed by atoms with Crippen molar-refractivity contribution in [1.82, 2.24) is 4.72 Å². The molecule has 0 aromatic heterocycles. The number of amides is 1. The molecule has 0 heterocycles. The van der Waals surface area contributed by atoms with Crippen molar-refractivity contribution >= 4 is 21.6 Å². The van der Waals surface area contributed by atoms with Gasteiger partial charge in [0.2, 0.25) is 15.9 Å². The molecule has 0 fully saturated rings. The first kappa shape index (κ1) is 21.1. The Balaban J connectivity index is 2.06. The lowest BCUT2D eigenvalue weighted by atomic mass is 9.89. The lowest BCUT2D eigenvalue weighted by Gasteiger charge is -2.21. The van der Waals surface area contributed by atoms with E-state index in [1.54, 1.807) is 19.2 Å². The molecule has 2 rings (SSSR count). The minimum atomic E-state index is -3.60. The van der Waals surface area contributed by atoms with Gasteiger partial charge in [-0.15, -0.1) is 0 Å². The number of carbonyl (C=O) groups excluding carboxylic acids is 1. The van der Waals surface area contributed by atoms with E-state index in [0.29, 0.717) is 18.2 Å². The summed E-state index contributed by atoms with van der Waals surface area (Å²) in [6.45, 7) is 6.05. The summed E-state index contributed by atoms with van der Waals surface area (Å²) in [5, 5.41) is 0. The van der Waals surface area contributed by atoms with Gasteiger partial charge in [-0.3, -0.25) is 4.79 Å². The van der Waals surface area contributed by atoms with Crippen molar-refractivity contribution in [3.8, 4) is 0 Å². The van der Waals surface area contributed by atoms with Gasteiger partial charge in [0, 0.05) is 26.2 Å². The van der Waals surface area contributed by atoms with Crippen molar-refractivity contribution in [2.24, 2.45) is 11.8 Å². The topological polar surface area (TPSA) is 66.5 Å². The monoisotopic (exact) mass is 388 g/mol. The number of anilines is 1. The van der Waals surface area contributed by atoms with Crippen LogP contribution in [0.5, 0.6) is 0 Å². The van der Waals surface area contributed by atoms with Gasteiger partial charge in [0.05, 0.1) is 4.90 Å². The predicted molar refractivity (Wildman–Crippen MR) is 109 cm³/mol. The van der Waals surface area contributed by atoms with Crippen molar-refractivity contribution in [2.45, 2.75) is 32.1 Å². The van der Waals surface area contributed by atoms with E-state index in [4.69, 9.17) is 0 Å². The second-order valence-electron chi connectivity index (χ2n) is 7.12. The molecule has 0 saturated carbocycles. The van der Waals surface area contributed by atoms with Gasteiger partial charge in [-0.05, 0) is 48.1 Å². The summed E-state index contributed by atoms with van der Waals surface area (Å²) in [6, 6.07) is 16.4. The lowest BCUT2D eigenvalue weighted by Crippen LogP contribution is -2.32. The highest BCUT2D eigenvalue weighted by Crippen LogP contribution is 2.20. The first-order chi connectivity index (χ1) is 12.7. The van der Waals surface area contributed by atoms with Gasteiger partial charge in [0.25, 0.3) is 0 Å². The zero-order valence-corrected chi connectivity index (χ0v) is 17.2. The number of hydrogen-bond acceptors (Lipinski definition) is 3. The maximum atomic E-state index is 12.6. The third kappa shape index (κ3) is 5.91. The van der Waals surface area contributed by atoms with Crippen LogP contribution in [0.4, 0.5) is 5.69 Å². The molecule has 1 N–H and O–H groups in total. The van der Waals surface area contributed by atoms with Gasteiger partial charge in [-0.25, -0.2) is 13.1 Å². The summed E-state index contributed by atoms with van der Waals surface area (Å²) in [7, 11) is -1.94. The highest BCUT2D eigenvalue weighted by Gasteiger charge is 2.20. The molecule has 0 aliphatic heterocycles. The normalized spacial score (nSPS) is 12.8. The average Bonchev–Trinajstić information content (AvgIpc) is 2.65. The number of nitrogens with zero attached hydrogens (tertiary/aromatic N) is 1. The second-order valence-corrected chi connectivity index (χ2v) is 8.88. The third-order valence-corrected chi connectivity index (χ3v) is 6.27. The van der Waals surface area contributed by atoms with E-state index in [1.807, 2.05) is 18.2 Å². The van der Waals surface area contributed by atoms with E-state index in [0.717, 1.165) is 6.42 Å². The molecule has 146 valence electrons. The molecule has 0 unspecified atom stereocenters. The van der Waals surface area contributed by atoms with Crippen LogP contribution in [0.2, 0.25) is 0 Å². The molecule has 0 spiro atoms. The minimum Gasteiger partial charge on any atom is -0.316 e. The highest BCUT2D eigenvalue weighted by molar-refractivity contribution is 7.89. The molecule has 6 heteroatoms. The van der Waals surface area contributed by atoms with Gasteiger partial charge >= 0.3 is 0 Å². The zero-order valence-electron chi connectivity index (χ0n) is 16.3. The summed E-state index contributed by atoms with van der Waals surface area (Å²) >= 11 is 0. The smallest absolute Gasteiger partial charge is 0.240 e. The fourth-order valence-corrected chi connectivity index (χ4v) is 3.89. The molecular weight excluding hydrogens is 360 g/mol. The molecular formula is C21H28N2O3S. The first-order valence-corrected chi connectivity index (χ1v) is 10.6. The Hall–Kier alpha value is -2.18. The van der Waals surface area contributed by atoms with Crippen molar-refractivity contribution < 1.29 is 13.2 Å². The summed E-state index contributed by atoms with van der Waals surface area (Å²) in [4.78, 5) is 13.1. The van der Waals surface area contributed by atoms with E-state index in [1.165, 1.54) is 29.5 Å². The van der Waals surface area contributed by atoms with E-state index in [-0.39, 0.29) is 16.7 Å². The van der Waals surface area contributed by atoms with Gasteiger partial charge < -0.3 is 4.90 Å². The largest absolute Gasteiger partial charge is 0.316 e. The van der Waals surface area contributed by atoms with Gasteiger partial charge in [-0.1, -0.05) is 44.2 Å². The first-order valence-electron chi connectivity index (χ1n) is 9.08. The Morgan fingerprint density at radius 2 is 1.63 bits per heavy atom. The fourth-order valence-electron chi connectivity index (χ4n) is 2.79. The van der Waals surface area contributed by atoms with Crippen LogP contribution in [0.15, 0.2) is 59.5 Å². The number of sulfonamides is 1. The molecule has 2 aromatic carbocycles. The Morgan fingerprint density at radius 1 is 1.04 bits per heavy atom. The number of benzene rings is 2. The zero-order chi connectivity index (χ0) is 20.0. The number of hydrogen-bond donors (Lipinski definition) is 1. The van der Waals surface area contributed by atoms with Gasteiger partial charge in [0.1, 0.15) is 0 Å². The molecule has 0 aliphatic carbocycles. The van der Waals surface area contributed by atoms with Crippen molar-refractivity contribution in [1.29, 1.82) is 0 Å². The van der Waals surface area contributed by atoms with Crippen LogP contribution in [0, 0.1) is 11.8 Å². The van der Waals surface area contributed by atoms with Crippen molar-refractivity contribution in [3.05, 3.63) is 60.2 Å². The SMILES string of the molecule is CC(=O)N(C)c1ccc(S(=O)(=O)NC[C@@H](Cc2ccccc2)C(C)C)cc1. The van der Waals surface area contributed by atoms with Crippen LogP contribution in [-0.4, -0.2) is 27.9 Å². The van der Waals surface area contributed by atoms with Crippen LogP contribution in [-0.2, 0) is 21.2 Å². The number of rotatable bonds is 8. The molecule has 2 aromatic rings. The van der Waals surface area contributed by atoms with E-state index < -0.39 is 10.0 Å². The summed E-state index contributed by atoms with van der Waals surface area (Å²) in [6.07, 6.45) is 0.823. The van der Waals surface area contributed by atoms with Crippen molar-refractivity contribution in [3.63, 3.8) is 0 Å². The van der Waals surface area contributed by atoms with Crippen LogP contribution < -0.4 is 9.62 Å². The number of carbonyl (C=O) groups is 1. The summed E-state index contributed by atoms with van der Waals surface area (Å²) < 4.78 is 28.0. The Labute approximate surface area is 162 Å². The summed E-state index contributed by atoms with van der Waals surface area (Å²) in [5.74, 6) is 0.439. The average molecular weight is 389 g/mol. The molecule has 5 nitrogen and oxygen atoms in total. The lowest BCUT2D eigenvalue weighted by molar-refractivity contribution is -0.116. The van der Waals surface area contributed by atoms with Crippen LogP contribution in [0.3, 0.4) is 0 Å². The van der Waals surface area contributed by atoms with Crippen LogP contribution in [0.25, 0.3) is 0 Å². The molecule has 1 amide bonds. The van der Waals surface area contributed by atoms with E-state index >= 15 is 0 Å². The summed E-state index contributed by atoms with van der Waals surface area (Å²) in [5.41, 5.74) is 1.86. The quantitative estimate of drug-likeness (QED) is 0.753. The van der Waals surface area contributed by atoms with Crippen LogP contribution >= 0.6 is 0 Å². The molecule has 1 atom stereocenters. The highest BCUT2D eigenvalue weighted by atomic mass is 32.2. The van der Waals surface area contributed by atoms with Gasteiger partial charge in [-0.2, -0.15) is 0 Å². The third-order valence-electron chi connectivity index (χ3n) is 4.83. The fraction of sp³-hybridized carbons (Fsp3) is 0.381. The molecule has 0 bridgehead atoms. The standard InChI is InChI=1S/C21H28N2O3S/c1-16(2)19(14-18-8-6-5-7-9-18)15-22-27(25,26)21-12-10-20(11-13-21)23(4)17(3)24/h5-13,16,19,22H,14-15H2,1-4H3/t19-/m1/s1. The van der Waals surface area contributed by atoms with Crippen LogP contribution in [0.1, 0.15) is 26.3 Å². The minimum absolute atomic E-state index is 0.107. The molecule has 0 aliphatic rings. The second kappa shape index (κ2) is 9.15. The number of nitrogens with one attached hydrogen (secondary N) is 1. The predicted octanol–water partition coefficient (Wildman–Crippen LogP) is 3.46. The maximum Gasteiger partial charge on any atom is 0.240 e. The molecule has 0 radical (unpaired) electrons. The van der Waals surface area contributed by atoms with Gasteiger partial charge in [0.15, 0.2) is 0 Å². The molecule has 27 heavy (non-hydrogen) atoms. The Kier molecular flexibility index (Phi) is 7.16. The Morgan fingerprint density at radius 3 is 2.15 bits per heavy atom. The maximum absolute atomic E-state index is 12.6. The Bertz CT molecular complexity index is 847. The van der Waals surface area contributed by atoms with E-state index in [9.17, 15) is 13.2 Å².